The van der Waals surface area contributed by atoms with Crippen LogP contribution in [0.25, 0.3) is 0 Å². The first-order chi connectivity index (χ1) is 9.43. The van der Waals surface area contributed by atoms with E-state index in [1.165, 1.54) is 11.3 Å². The largest absolute Gasteiger partial charge is 0.480 e. The molecule has 0 aromatic carbocycles. The lowest BCUT2D eigenvalue weighted by molar-refractivity contribution is -0.147. The van der Waals surface area contributed by atoms with E-state index in [9.17, 15) is 14.4 Å². The van der Waals surface area contributed by atoms with E-state index >= 15 is 0 Å². The monoisotopic (exact) mass is 300 g/mol. The summed E-state index contributed by atoms with van der Waals surface area (Å²) in [5, 5.41) is 17.5. The van der Waals surface area contributed by atoms with Gasteiger partial charge in [0, 0.05) is 6.54 Å². The number of aryl methyl sites for hydroxylation is 1. The summed E-state index contributed by atoms with van der Waals surface area (Å²) in [4.78, 5) is 33.6. The standard InChI is InChI=1S/C12H16N2O5S/c1-7-5-20-6-8(7)4-13-12(18)14-9(11(16)17)3-10(15)19-2/h5-6,9H,3-4H2,1-2H3,(H,16,17)(H2,13,14,18)/t9-/m0/s1. The number of ether oxygens (including phenoxy) is 1. The van der Waals surface area contributed by atoms with Crippen LogP contribution in [0.3, 0.4) is 0 Å². The Morgan fingerprint density at radius 3 is 2.60 bits per heavy atom. The van der Waals surface area contributed by atoms with Crippen LogP contribution in [-0.2, 0) is 20.9 Å². The lowest BCUT2D eigenvalue weighted by Crippen LogP contribution is -2.46. The third kappa shape index (κ3) is 4.88. The average Bonchev–Trinajstić information content (AvgIpc) is 2.80. The van der Waals surface area contributed by atoms with Gasteiger partial charge in [-0.1, -0.05) is 0 Å². The Kier molecular flexibility index (Phi) is 5.98. The number of hydrogen-bond acceptors (Lipinski definition) is 5. The minimum Gasteiger partial charge on any atom is -0.480 e. The number of thiophene rings is 1. The molecule has 0 aliphatic carbocycles. The van der Waals surface area contributed by atoms with E-state index in [0.29, 0.717) is 6.54 Å². The molecular formula is C12H16N2O5S. The zero-order chi connectivity index (χ0) is 15.1. The maximum Gasteiger partial charge on any atom is 0.326 e. The number of carbonyl (C=O) groups excluding carboxylic acids is 2. The number of urea groups is 1. The van der Waals surface area contributed by atoms with Gasteiger partial charge in [-0.15, -0.1) is 0 Å². The zero-order valence-corrected chi connectivity index (χ0v) is 12.0. The molecule has 1 aromatic rings. The molecule has 0 aliphatic heterocycles. The minimum absolute atomic E-state index is 0.297. The van der Waals surface area contributed by atoms with Crippen LogP contribution in [0.1, 0.15) is 17.5 Å². The Bertz CT molecular complexity index is 500. The van der Waals surface area contributed by atoms with Crippen molar-refractivity contribution in [3.05, 3.63) is 21.9 Å². The summed E-state index contributed by atoms with van der Waals surface area (Å²) in [7, 11) is 1.15. The van der Waals surface area contributed by atoms with Crippen LogP contribution in [0.15, 0.2) is 10.8 Å². The molecule has 2 amide bonds. The normalized spacial score (nSPS) is 11.5. The maximum atomic E-state index is 11.6. The lowest BCUT2D eigenvalue weighted by Gasteiger charge is -2.14. The van der Waals surface area contributed by atoms with Crippen LogP contribution in [0.5, 0.6) is 0 Å². The van der Waals surface area contributed by atoms with Crippen molar-refractivity contribution in [2.75, 3.05) is 7.11 Å². The van der Waals surface area contributed by atoms with E-state index in [2.05, 4.69) is 15.4 Å². The van der Waals surface area contributed by atoms with Gasteiger partial charge in [0.05, 0.1) is 13.5 Å². The summed E-state index contributed by atoms with van der Waals surface area (Å²) in [6, 6.07) is -1.96. The fraction of sp³-hybridized carbons (Fsp3) is 0.417. The average molecular weight is 300 g/mol. The van der Waals surface area contributed by atoms with Crippen molar-refractivity contribution in [3.8, 4) is 0 Å². The molecule has 110 valence electrons. The second-order valence-electron chi connectivity index (χ2n) is 4.08. The van der Waals surface area contributed by atoms with E-state index in [-0.39, 0.29) is 0 Å². The molecule has 1 rings (SSSR count). The molecule has 3 N–H and O–H groups in total. The molecule has 1 aromatic heterocycles. The minimum atomic E-state index is -1.31. The Labute approximate surface area is 119 Å². The second kappa shape index (κ2) is 7.49. The van der Waals surface area contributed by atoms with Crippen LogP contribution < -0.4 is 10.6 Å². The highest BCUT2D eigenvalue weighted by Gasteiger charge is 2.23. The number of carboxylic acids is 1. The number of hydrogen-bond donors (Lipinski definition) is 3. The van der Waals surface area contributed by atoms with Gasteiger partial charge < -0.3 is 20.5 Å². The lowest BCUT2D eigenvalue weighted by atomic mass is 10.2. The van der Waals surface area contributed by atoms with Crippen LogP contribution in [-0.4, -0.2) is 36.2 Å². The van der Waals surface area contributed by atoms with Crippen LogP contribution in [0, 0.1) is 6.92 Å². The Hall–Kier alpha value is -2.09. The molecule has 1 atom stereocenters. The number of rotatable bonds is 6. The number of carboxylic acid groups (broad SMARTS) is 1. The van der Waals surface area contributed by atoms with Gasteiger partial charge in [-0.05, 0) is 28.8 Å². The molecule has 0 radical (unpaired) electrons. The summed E-state index contributed by atoms with van der Waals surface area (Å²) < 4.78 is 4.37. The van der Waals surface area contributed by atoms with Crippen molar-refractivity contribution < 1.29 is 24.2 Å². The first kappa shape index (κ1) is 16.0. The van der Waals surface area contributed by atoms with Crippen molar-refractivity contribution in [1.29, 1.82) is 0 Å². The Balaban J connectivity index is 2.48. The van der Waals surface area contributed by atoms with Crippen molar-refractivity contribution in [2.45, 2.75) is 25.9 Å². The van der Waals surface area contributed by atoms with Gasteiger partial charge in [0.1, 0.15) is 6.04 Å². The van der Waals surface area contributed by atoms with E-state index in [4.69, 9.17) is 5.11 Å². The molecule has 1 heterocycles. The molecule has 0 bridgehead atoms. The second-order valence-corrected chi connectivity index (χ2v) is 4.82. The highest BCUT2D eigenvalue weighted by atomic mass is 32.1. The van der Waals surface area contributed by atoms with E-state index in [0.717, 1.165) is 18.2 Å². The van der Waals surface area contributed by atoms with Crippen LogP contribution >= 0.6 is 11.3 Å². The van der Waals surface area contributed by atoms with Gasteiger partial charge in [-0.3, -0.25) is 4.79 Å². The van der Waals surface area contributed by atoms with Gasteiger partial charge in [0.2, 0.25) is 0 Å². The van der Waals surface area contributed by atoms with E-state index in [1.54, 1.807) is 0 Å². The number of amides is 2. The molecule has 0 aliphatic rings. The SMILES string of the molecule is COC(=O)C[C@H](NC(=O)NCc1cscc1C)C(=O)O. The number of carbonyl (C=O) groups is 3. The van der Waals surface area contributed by atoms with Crippen molar-refractivity contribution >= 4 is 29.3 Å². The van der Waals surface area contributed by atoms with Crippen molar-refractivity contribution in [3.63, 3.8) is 0 Å². The molecular weight excluding hydrogens is 284 g/mol. The topological polar surface area (TPSA) is 105 Å². The number of aliphatic carboxylic acids is 1. The molecule has 0 saturated carbocycles. The molecule has 0 saturated heterocycles. The van der Waals surface area contributed by atoms with Crippen molar-refractivity contribution in [2.24, 2.45) is 0 Å². The van der Waals surface area contributed by atoms with Gasteiger partial charge in [-0.2, -0.15) is 11.3 Å². The smallest absolute Gasteiger partial charge is 0.326 e. The summed E-state index contributed by atoms with van der Waals surface area (Å²) in [6.07, 6.45) is -0.420. The summed E-state index contributed by atoms with van der Waals surface area (Å²) in [5.74, 6) is -2.00. The Morgan fingerprint density at radius 2 is 2.10 bits per heavy atom. The summed E-state index contributed by atoms with van der Waals surface area (Å²) in [6.45, 7) is 2.22. The summed E-state index contributed by atoms with van der Waals surface area (Å²) >= 11 is 1.52. The first-order valence-electron chi connectivity index (χ1n) is 5.79. The first-order valence-corrected chi connectivity index (χ1v) is 6.74. The van der Waals surface area contributed by atoms with Crippen LogP contribution in [0.2, 0.25) is 0 Å². The number of nitrogens with one attached hydrogen (secondary N) is 2. The van der Waals surface area contributed by atoms with Gasteiger partial charge in [-0.25, -0.2) is 9.59 Å². The van der Waals surface area contributed by atoms with Crippen molar-refractivity contribution in [1.82, 2.24) is 10.6 Å². The van der Waals surface area contributed by atoms with Crippen LogP contribution in [0.4, 0.5) is 4.79 Å². The zero-order valence-electron chi connectivity index (χ0n) is 11.1. The van der Waals surface area contributed by atoms with E-state index in [1.807, 2.05) is 17.7 Å². The molecule has 0 spiro atoms. The molecule has 7 nitrogen and oxygen atoms in total. The highest BCUT2D eigenvalue weighted by molar-refractivity contribution is 7.08. The van der Waals surface area contributed by atoms with Gasteiger partial charge in [0.25, 0.3) is 0 Å². The quantitative estimate of drug-likeness (QED) is 0.676. The Morgan fingerprint density at radius 1 is 1.40 bits per heavy atom. The molecule has 20 heavy (non-hydrogen) atoms. The molecule has 8 heteroatoms. The van der Waals surface area contributed by atoms with Gasteiger partial charge in [0.15, 0.2) is 0 Å². The predicted molar refractivity (Wildman–Crippen MR) is 72.5 cm³/mol. The molecule has 0 unspecified atom stereocenters. The highest BCUT2D eigenvalue weighted by Crippen LogP contribution is 2.12. The predicted octanol–water partition coefficient (Wildman–Crippen LogP) is 0.872. The maximum absolute atomic E-state index is 11.6. The molecule has 0 fully saturated rings. The van der Waals surface area contributed by atoms with Gasteiger partial charge >= 0.3 is 18.0 Å². The third-order valence-corrected chi connectivity index (χ3v) is 3.51. The fourth-order valence-electron chi connectivity index (χ4n) is 1.40. The third-order valence-electron chi connectivity index (χ3n) is 2.60. The summed E-state index contributed by atoms with van der Waals surface area (Å²) in [5.41, 5.74) is 2.02. The fourth-order valence-corrected chi connectivity index (χ4v) is 2.26. The number of esters is 1. The number of methoxy groups -OCH3 is 1. The van der Waals surface area contributed by atoms with E-state index < -0.39 is 30.4 Å².